The molecule has 1 fully saturated rings. The molecule has 9 heteroatoms. The van der Waals surface area contributed by atoms with E-state index in [-0.39, 0.29) is 11.8 Å². The number of thiocarbonyl (C=S) groups is 1. The highest BCUT2D eigenvalue weighted by atomic mass is 32.2. The molecule has 2 aromatic carbocycles. The summed E-state index contributed by atoms with van der Waals surface area (Å²) in [6, 6.07) is 13.6. The van der Waals surface area contributed by atoms with Gasteiger partial charge in [0, 0.05) is 12.6 Å². The molecule has 1 heterocycles. The number of hydrogen-bond donors (Lipinski definition) is 2. The molecule has 0 bridgehead atoms. The van der Waals surface area contributed by atoms with E-state index >= 15 is 0 Å². The van der Waals surface area contributed by atoms with Crippen LogP contribution in [0, 0.1) is 0 Å². The van der Waals surface area contributed by atoms with Crippen molar-refractivity contribution >= 4 is 63.5 Å². The van der Waals surface area contributed by atoms with Gasteiger partial charge in [-0.15, -0.1) is 0 Å². The topological polar surface area (TPSA) is 95.9 Å². The Balaban J connectivity index is 1.74. The molecular formula is C21H18N2O5S2. The van der Waals surface area contributed by atoms with Gasteiger partial charge in [0.05, 0.1) is 10.6 Å². The molecule has 1 saturated heterocycles. The zero-order valence-corrected chi connectivity index (χ0v) is 17.8. The summed E-state index contributed by atoms with van der Waals surface area (Å²) in [5, 5.41) is 11.6. The molecule has 7 nitrogen and oxygen atoms in total. The summed E-state index contributed by atoms with van der Waals surface area (Å²) >= 11 is 6.57. The van der Waals surface area contributed by atoms with Crippen molar-refractivity contribution in [3.05, 3.63) is 59.0 Å². The zero-order chi connectivity index (χ0) is 21.8. The molecule has 0 aromatic heterocycles. The Morgan fingerprint density at radius 2 is 1.80 bits per heavy atom. The van der Waals surface area contributed by atoms with E-state index in [0.717, 1.165) is 5.56 Å². The second kappa shape index (κ2) is 9.10. The number of carbonyl (C=O) groups excluding carboxylic acids is 2. The van der Waals surface area contributed by atoms with Crippen LogP contribution in [0.5, 0.6) is 5.75 Å². The smallest absolute Gasteiger partial charge is 0.344 e. The van der Waals surface area contributed by atoms with Crippen molar-refractivity contribution in [2.75, 3.05) is 10.2 Å². The molecule has 0 spiro atoms. The maximum absolute atomic E-state index is 12.9. The lowest BCUT2D eigenvalue weighted by atomic mass is 10.2. The maximum Gasteiger partial charge on any atom is 0.344 e. The number of benzene rings is 2. The molecule has 0 radical (unpaired) electrons. The van der Waals surface area contributed by atoms with E-state index in [1.807, 2.05) is 0 Å². The summed E-state index contributed by atoms with van der Waals surface area (Å²) in [6.45, 7) is 2.87. The average molecular weight is 443 g/mol. The minimum Gasteiger partial charge on any atom is -0.479 e. The Kier molecular flexibility index (Phi) is 6.53. The average Bonchev–Trinajstić information content (AvgIpc) is 2.97. The van der Waals surface area contributed by atoms with Gasteiger partial charge >= 0.3 is 5.97 Å². The monoisotopic (exact) mass is 442 g/mol. The molecular weight excluding hydrogens is 424 g/mol. The quantitative estimate of drug-likeness (QED) is 0.517. The van der Waals surface area contributed by atoms with E-state index in [1.165, 1.54) is 30.5 Å². The maximum atomic E-state index is 12.9. The number of carboxylic acids is 1. The van der Waals surface area contributed by atoms with Crippen LogP contribution in [0.1, 0.15) is 19.4 Å². The summed E-state index contributed by atoms with van der Waals surface area (Å²) in [5.41, 5.74) is 2.00. The molecule has 2 aromatic rings. The number of anilines is 2. The zero-order valence-electron chi connectivity index (χ0n) is 16.1. The van der Waals surface area contributed by atoms with Gasteiger partial charge < -0.3 is 15.2 Å². The van der Waals surface area contributed by atoms with Crippen molar-refractivity contribution in [2.24, 2.45) is 0 Å². The molecule has 0 aliphatic carbocycles. The summed E-state index contributed by atoms with van der Waals surface area (Å²) in [5.74, 6) is -1.04. The fourth-order valence-corrected chi connectivity index (χ4v) is 3.93. The van der Waals surface area contributed by atoms with Gasteiger partial charge in [-0.1, -0.05) is 36.1 Å². The van der Waals surface area contributed by atoms with Gasteiger partial charge in [0.1, 0.15) is 5.75 Å². The first-order chi connectivity index (χ1) is 14.2. The van der Waals surface area contributed by atoms with Gasteiger partial charge in [-0.05, 0) is 55.0 Å². The van der Waals surface area contributed by atoms with Crippen LogP contribution in [0.3, 0.4) is 0 Å². The van der Waals surface area contributed by atoms with E-state index < -0.39 is 12.1 Å². The number of nitrogens with one attached hydrogen (secondary N) is 1. The number of rotatable bonds is 6. The predicted molar refractivity (Wildman–Crippen MR) is 121 cm³/mol. The van der Waals surface area contributed by atoms with Crippen molar-refractivity contribution in [3.63, 3.8) is 0 Å². The molecule has 1 unspecified atom stereocenters. The van der Waals surface area contributed by atoms with Crippen LogP contribution < -0.4 is 15.0 Å². The molecule has 3 rings (SSSR count). The number of nitrogens with zero attached hydrogens (tertiary/aromatic N) is 1. The van der Waals surface area contributed by atoms with Crippen molar-refractivity contribution in [3.8, 4) is 5.75 Å². The fourth-order valence-electron chi connectivity index (χ4n) is 2.64. The van der Waals surface area contributed by atoms with E-state index in [2.05, 4.69) is 5.32 Å². The van der Waals surface area contributed by atoms with Crippen LogP contribution in [-0.4, -0.2) is 33.3 Å². The van der Waals surface area contributed by atoms with Crippen molar-refractivity contribution in [1.82, 2.24) is 0 Å². The number of thioether (sulfide) groups is 1. The van der Waals surface area contributed by atoms with Gasteiger partial charge in [-0.25, -0.2) is 4.79 Å². The first-order valence-corrected chi connectivity index (χ1v) is 10.1. The van der Waals surface area contributed by atoms with Gasteiger partial charge in [-0.3, -0.25) is 14.5 Å². The summed E-state index contributed by atoms with van der Waals surface area (Å²) in [6.07, 6.45) is 0.763. The SMILES string of the molecule is CC(=O)Nc1ccc(N2C(=O)/C(=C\c3ccc(OC(C)C(=O)O)cc3)SC2=S)cc1. The van der Waals surface area contributed by atoms with Gasteiger partial charge in [0.25, 0.3) is 5.91 Å². The minimum atomic E-state index is -1.05. The van der Waals surface area contributed by atoms with E-state index in [1.54, 1.807) is 54.6 Å². The number of aliphatic carboxylic acids is 1. The summed E-state index contributed by atoms with van der Waals surface area (Å²) < 4.78 is 5.71. The Bertz CT molecular complexity index is 1030. The first kappa shape index (κ1) is 21.5. The van der Waals surface area contributed by atoms with Crippen LogP contribution in [0.4, 0.5) is 11.4 Å². The Labute approximate surface area is 182 Å². The highest BCUT2D eigenvalue weighted by Gasteiger charge is 2.33. The van der Waals surface area contributed by atoms with E-state index in [0.29, 0.717) is 26.3 Å². The number of amides is 2. The van der Waals surface area contributed by atoms with Crippen LogP contribution >= 0.6 is 24.0 Å². The molecule has 1 atom stereocenters. The van der Waals surface area contributed by atoms with Gasteiger partial charge in [0.15, 0.2) is 10.4 Å². The molecule has 154 valence electrons. The third-order valence-electron chi connectivity index (χ3n) is 4.08. The highest BCUT2D eigenvalue weighted by Crippen LogP contribution is 2.36. The number of ether oxygens (including phenoxy) is 1. The Morgan fingerprint density at radius 1 is 1.17 bits per heavy atom. The van der Waals surface area contributed by atoms with Crippen LogP contribution in [-0.2, 0) is 14.4 Å². The molecule has 1 aliphatic heterocycles. The highest BCUT2D eigenvalue weighted by molar-refractivity contribution is 8.27. The van der Waals surface area contributed by atoms with E-state index in [9.17, 15) is 14.4 Å². The Hall–Kier alpha value is -3.17. The van der Waals surface area contributed by atoms with Crippen LogP contribution in [0.15, 0.2) is 53.4 Å². The lowest BCUT2D eigenvalue weighted by molar-refractivity contribution is -0.144. The van der Waals surface area contributed by atoms with Crippen molar-refractivity contribution < 1.29 is 24.2 Å². The van der Waals surface area contributed by atoms with Crippen LogP contribution in [0.2, 0.25) is 0 Å². The number of carbonyl (C=O) groups is 3. The number of carboxylic acid groups (broad SMARTS) is 1. The molecule has 1 aliphatic rings. The molecule has 30 heavy (non-hydrogen) atoms. The Morgan fingerprint density at radius 3 is 2.37 bits per heavy atom. The third kappa shape index (κ3) is 5.05. The van der Waals surface area contributed by atoms with Gasteiger partial charge in [0.2, 0.25) is 5.91 Å². The van der Waals surface area contributed by atoms with Gasteiger partial charge in [-0.2, -0.15) is 0 Å². The standard InChI is InChI=1S/C21H18N2O5S2/c1-12(20(26)27)28-17-9-3-14(4-10-17)11-18-19(25)23(21(29)30-18)16-7-5-15(6-8-16)22-13(2)24/h3-12H,1-2H3,(H,22,24)(H,26,27)/b18-11+. The predicted octanol–water partition coefficient (Wildman–Crippen LogP) is 3.90. The normalized spacial score (nSPS) is 15.9. The summed E-state index contributed by atoms with van der Waals surface area (Å²) in [7, 11) is 0. The van der Waals surface area contributed by atoms with Crippen molar-refractivity contribution in [1.29, 1.82) is 0 Å². The second-order valence-electron chi connectivity index (χ2n) is 6.41. The molecule has 0 saturated carbocycles. The van der Waals surface area contributed by atoms with Crippen molar-refractivity contribution in [2.45, 2.75) is 20.0 Å². The van der Waals surface area contributed by atoms with E-state index in [4.69, 9.17) is 22.1 Å². The lowest BCUT2D eigenvalue weighted by Crippen LogP contribution is -2.27. The lowest BCUT2D eigenvalue weighted by Gasteiger charge is -2.15. The minimum absolute atomic E-state index is 0.176. The summed E-state index contributed by atoms with van der Waals surface area (Å²) in [4.78, 5) is 36.8. The number of hydrogen-bond acceptors (Lipinski definition) is 6. The molecule has 2 N–H and O–H groups in total. The van der Waals surface area contributed by atoms with Crippen LogP contribution in [0.25, 0.3) is 6.08 Å². The third-order valence-corrected chi connectivity index (χ3v) is 5.38. The fraction of sp³-hybridized carbons (Fsp3) is 0.143. The molecule has 2 amide bonds. The first-order valence-electron chi connectivity index (χ1n) is 8.90. The largest absolute Gasteiger partial charge is 0.479 e. The second-order valence-corrected chi connectivity index (χ2v) is 8.09.